The molecule has 3 N–H and O–H groups in total. The fraction of sp³-hybridized carbons (Fsp3) is 0.538. The zero-order valence-electron chi connectivity index (χ0n) is 11.3. The highest BCUT2D eigenvalue weighted by atomic mass is 79.9. The van der Waals surface area contributed by atoms with Crippen molar-refractivity contribution in [3.8, 4) is 0 Å². The number of nitrogens with two attached hydrogens (primary N) is 1. The van der Waals surface area contributed by atoms with E-state index in [1.807, 2.05) is 0 Å². The summed E-state index contributed by atoms with van der Waals surface area (Å²) in [4.78, 5) is -0.151. The Morgan fingerprint density at radius 1 is 1.43 bits per heavy atom. The highest BCUT2D eigenvalue weighted by molar-refractivity contribution is 9.10. The number of hydrogen-bond acceptors (Lipinski definition) is 3. The molecule has 0 heterocycles. The molecular formula is C13H17BrClFN2O2S. The Hall–Kier alpha value is -0.210. The number of halogens is 3. The third kappa shape index (κ3) is 3.96. The Kier molecular flexibility index (Phi) is 5.65. The number of hydrogen-bond donors (Lipinski definition) is 2. The Morgan fingerprint density at radius 3 is 2.57 bits per heavy atom. The summed E-state index contributed by atoms with van der Waals surface area (Å²) >= 11 is 8.94. The highest BCUT2D eigenvalue weighted by Crippen LogP contribution is 2.32. The first-order valence-electron chi connectivity index (χ1n) is 6.72. The van der Waals surface area contributed by atoms with Gasteiger partial charge >= 0.3 is 0 Å². The van der Waals surface area contributed by atoms with Crippen LogP contribution in [-0.2, 0) is 10.0 Å². The van der Waals surface area contributed by atoms with Crippen molar-refractivity contribution < 1.29 is 12.8 Å². The van der Waals surface area contributed by atoms with Crippen LogP contribution < -0.4 is 10.5 Å². The van der Waals surface area contributed by atoms with E-state index in [0.717, 1.165) is 37.8 Å². The molecule has 0 spiro atoms. The zero-order valence-corrected chi connectivity index (χ0v) is 14.4. The van der Waals surface area contributed by atoms with Gasteiger partial charge in [0, 0.05) is 17.1 Å². The van der Waals surface area contributed by atoms with Crippen molar-refractivity contribution >= 4 is 37.6 Å². The third-order valence-electron chi connectivity index (χ3n) is 3.76. The molecule has 1 aromatic rings. The summed E-state index contributed by atoms with van der Waals surface area (Å²) in [5.41, 5.74) is 5.71. The summed E-state index contributed by atoms with van der Waals surface area (Å²) in [6.45, 7) is 0.223. The van der Waals surface area contributed by atoms with Gasteiger partial charge in [0.05, 0.1) is 5.02 Å². The lowest BCUT2D eigenvalue weighted by Gasteiger charge is -2.23. The van der Waals surface area contributed by atoms with Gasteiger partial charge in [0.1, 0.15) is 10.7 Å². The molecule has 0 saturated heterocycles. The van der Waals surface area contributed by atoms with Gasteiger partial charge in [-0.3, -0.25) is 0 Å². The molecule has 1 aliphatic rings. The van der Waals surface area contributed by atoms with E-state index >= 15 is 0 Å². The minimum absolute atomic E-state index is 0.0993. The standard InChI is InChI=1S/C13H17BrClFN2O2S/c14-10-5-9(16)6-11(15)13(10)21(19,20)18-12(7-17)8-3-1-2-4-8/h5-6,8,12,18H,1-4,7,17H2. The maximum absolute atomic E-state index is 13.2. The van der Waals surface area contributed by atoms with Crippen LogP contribution in [0.2, 0.25) is 5.02 Å². The van der Waals surface area contributed by atoms with E-state index in [4.69, 9.17) is 17.3 Å². The van der Waals surface area contributed by atoms with Crippen LogP contribution in [0.1, 0.15) is 25.7 Å². The second-order valence-electron chi connectivity index (χ2n) is 5.21. The van der Waals surface area contributed by atoms with E-state index in [9.17, 15) is 12.8 Å². The van der Waals surface area contributed by atoms with E-state index in [1.54, 1.807) is 0 Å². The first-order chi connectivity index (χ1) is 9.85. The largest absolute Gasteiger partial charge is 0.329 e. The molecule has 1 fully saturated rings. The fourth-order valence-electron chi connectivity index (χ4n) is 2.74. The van der Waals surface area contributed by atoms with Crippen molar-refractivity contribution in [2.24, 2.45) is 11.7 Å². The van der Waals surface area contributed by atoms with Gasteiger partial charge < -0.3 is 5.73 Å². The molecule has 8 heteroatoms. The lowest BCUT2D eigenvalue weighted by Crippen LogP contribution is -2.44. The molecule has 2 rings (SSSR count). The second kappa shape index (κ2) is 6.91. The van der Waals surface area contributed by atoms with Gasteiger partial charge in [0.15, 0.2) is 0 Å². The summed E-state index contributed by atoms with van der Waals surface area (Å²) in [6.07, 6.45) is 4.10. The molecular weight excluding hydrogens is 383 g/mol. The first-order valence-corrected chi connectivity index (χ1v) is 9.37. The lowest BCUT2D eigenvalue weighted by atomic mass is 9.99. The molecule has 21 heavy (non-hydrogen) atoms. The molecule has 0 radical (unpaired) electrons. The Labute approximate surface area is 137 Å². The SMILES string of the molecule is NCC(NS(=O)(=O)c1c(Cl)cc(F)cc1Br)C1CCCC1. The lowest BCUT2D eigenvalue weighted by molar-refractivity contribution is 0.405. The zero-order chi connectivity index (χ0) is 15.6. The maximum atomic E-state index is 13.2. The summed E-state index contributed by atoms with van der Waals surface area (Å²) in [5, 5.41) is -0.156. The van der Waals surface area contributed by atoms with Crippen molar-refractivity contribution in [2.45, 2.75) is 36.6 Å². The summed E-state index contributed by atoms with van der Waals surface area (Å²) in [6, 6.07) is 1.73. The molecule has 1 atom stereocenters. The van der Waals surface area contributed by atoms with Crippen LogP contribution >= 0.6 is 27.5 Å². The number of benzene rings is 1. The summed E-state index contributed by atoms with van der Waals surface area (Å²) < 4.78 is 40.9. The van der Waals surface area contributed by atoms with Gasteiger partial charge in [-0.05, 0) is 46.8 Å². The van der Waals surface area contributed by atoms with Crippen molar-refractivity contribution in [1.29, 1.82) is 0 Å². The van der Waals surface area contributed by atoms with Gasteiger partial charge in [-0.1, -0.05) is 24.4 Å². The number of nitrogens with one attached hydrogen (secondary N) is 1. The van der Waals surface area contributed by atoms with Crippen LogP contribution in [0.3, 0.4) is 0 Å². The quantitative estimate of drug-likeness (QED) is 0.799. The Balaban J connectivity index is 2.29. The van der Waals surface area contributed by atoms with Crippen LogP contribution in [0.15, 0.2) is 21.5 Å². The molecule has 1 unspecified atom stereocenters. The molecule has 1 saturated carbocycles. The normalized spacial score (nSPS) is 18.1. The highest BCUT2D eigenvalue weighted by Gasteiger charge is 2.30. The molecule has 4 nitrogen and oxygen atoms in total. The molecule has 1 aromatic carbocycles. The number of sulfonamides is 1. The third-order valence-corrected chi connectivity index (χ3v) is 6.65. The Bertz CT molecular complexity index is 598. The van der Waals surface area contributed by atoms with Crippen molar-refractivity contribution in [2.75, 3.05) is 6.54 Å². The first kappa shape index (κ1) is 17.1. The van der Waals surface area contributed by atoms with Crippen LogP contribution in [0.25, 0.3) is 0 Å². The van der Waals surface area contributed by atoms with E-state index in [2.05, 4.69) is 20.7 Å². The van der Waals surface area contributed by atoms with Gasteiger partial charge in [-0.2, -0.15) is 0 Å². The van der Waals surface area contributed by atoms with Crippen molar-refractivity contribution in [1.82, 2.24) is 4.72 Å². The minimum atomic E-state index is -3.86. The van der Waals surface area contributed by atoms with Crippen LogP contribution in [0.5, 0.6) is 0 Å². The predicted molar refractivity (Wildman–Crippen MR) is 84.2 cm³/mol. The van der Waals surface area contributed by atoms with Crippen LogP contribution in [-0.4, -0.2) is 21.0 Å². The average Bonchev–Trinajstić information content (AvgIpc) is 2.87. The van der Waals surface area contributed by atoms with E-state index in [1.165, 1.54) is 0 Å². The molecule has 1 aliphatic carbocycles. The molecule has 0 aromatic heterocycles. The monoisotopic (exact) mass is 398 g/mol. The molecule has 0 bridgehead atoms. The smallest absolute Gasteiger partial charge is 0.243 e. The fourth-order valence-corrected chi connectivity index (χ4v) is 5.87. The minimum Gasteiger partial charge on any atom is -0.329 e. The molecule has 0 aliphatic heterocycles. The van der Waals surface area contributed by atoms with Gasteiger partial charge in [0.25, 0.3) is 0 Å². The summed E-state index contributed by atoms with van der Waals surface area (Å²) in [5.74, 6) is -0.361. The molecule has 0 amide bonds. The van der Waals surface area contributed by atoms with E-state index < -0.39 is 15.8 Å². The summed E-state index contributed by atoms with van der Waals surface area (Å²) in [7, 11) is -3.86. The second-order valence-corrected chi connectivity index (χ2v) is 8.12. The van der Waals surface area contributed by atoms with Crippen molar-refractivity contribution in [3.05, 3.63) is 27.4 Å². The van der Waals surface area contributed by atoms with Gasteiger partial charge in [0.2, 0.25) is 10.0 Å². The average molecular weight is 400 g/mol. The van der Waals surface area contributed by atoms with Gasteiger partial charge in [-0.25, -0.2) is 17.5 Å². The van der Waals surface area contributed by atoms with Crippen LogP contribution in [0, 0.1) is 11.7 Å². The van der Waals surface area contributed by atoms with Crippen LogP contribution in [0.4, 0.5) is 4.39 Å². The molecule has 118 valence electrons. The topological polar surface area (TPSA) is 72.2 Å². The van der Waals surface area contributed by atoms with E-state index in [0.29, 0.717) is 0 Å². The number of rotatable bonds is 5. The van der Waals surface area contributed by atoms with Crippen molar-refractivity contribution in [3.63, 3.8) is 0 Å². The van der Waals surface area contributed by atoms with Gasteiger partial charge in [-0.15, -0.1) is 0 Å². The Morgan fingerprint density at radius 2 is 2.05 bits per heavy atom. The maximum Gasteiger partial charge on any atom is 0.243 e. The predicted octanol–water partition coefficient (Wildman–Crippen LogP) is 3.04. The van der Waals surface area contributed by atoms with E-state index in [-0.39, 0.29) is 32.9 Å².